The Morgan fingerprint density at radius 3 is 2.88 bits per heavy atom. The summed E-state index contributed by atoms with van der Waals surface area (Å²) in [6.07, 6.45) is 0. The van der Waals surface area contributed by atoms with Gasteiger partial charge in [0.05, 0.1) is 3.79 Å². The van der Waals surface area contributed by atoms with Gasteiger partial charge < -0.3 is 5.32 Å². The molecule has 1 heterocycles. The van der Waals surface area contributed by atoms with Crippen LogP contribution >= 0.6 is 27.3 Å². The number of nitrogens with one attached hydrogen (secondary N) is 1. The lowest BCUT2D eigenvalue weighted by molar-refractivity contribution is 0.0950. The summed E-state index contributed by atoms with van der Waals surface area (Å²) in [7, 11) is 0. The van der Waals surface area contributed by atoms with Crippen molar-refractivity contribution in [1.82, 2.24) is 5.32 Å². The number of amides is 1. The number of benzene rings is 1. The molecule has 0 aliphatic rings. The van der Waals surface area contributed by atoms with Crippen molar-refractivity contribution in [2.75, 3.05) is 0 Å². The fourth-order valence-corrected chi connectivity index (χ4v) is 2.56. The van der Waals surface area contributed by atoms with Crippen LogP contribution in [0.5, 0.6) is 0 Å². The molecule has 2 aromatic rings. The first kappa shape index (κ1) is 12.3. The van der Waals surface area contributed by atoms with E-state index in [1.165, 1.54) is 18.2 Å². The number of carbonyl (C=O) groups excluding carboxylic acids is 1. The quantitative estimate of drug-likeness (QED) is 0.922. The minimum Gasteiger partial charge on any atom is -0.348 e. The standard InChI is InChI=1S/C12H9BrFNOS/c13-11-4-8(7-17-11)6-15-12(16)9-2-1-3-10(14)5-9/h1-5,7H,6H2,(H,15,16). The van der Waals surface area contributed by atoms with Gasteiger partial charge in [-0.1, -0.05) is 6.07 Å². The van der Waals surface area contributed by atoms with Gasteiger partial charge in [0, 0.05) is 12.1 Å². The average molecular weight is 314 g/mol. The second-order valence-corrected chi connectivity index (χ2v) is 5.74. The van der Waals surface area contributed by atoms with Crippen molar-refractivity contribution in [3.05, 3.63) is 56.4 Å². The minimum absolute atomic E-state index is 0.271. The first-order valence-corrected chi connectivity index (χ1v) is 6.59. The van der Waals surface area contributed by atoms with E-state index in [0.29, 0.717) is 12.1 Å². The van der Waals surface area contributed by atoms with E-state index < -0.39 is 5.82 Å². The summed E-state index contributed by atoms with van der Waals surface area (Å²) in [5.74, 6) is -0.678. The van der Waals surface area contributed by atoms with Gasteiger partial charge in [0.1, 0.15) is 5.82 Å². The van der Waals surface area contributed by atoms with Gasteiger partial charge >= 0.3 is 0 Å². The van der Waals surface area contributed by atoms with Crippen LogP contribution in [0.15, 0.2) is 39.5 Å². The van der Waals surface area contributed by atoms with E-state index in [4.69, 9.17) is 0 Å². The zero-order valence-electron chi connectivity index (χ0n) is 8.74. The summed E-state index contributed by atoms with van der Waals surface area (Å²) in [6, 6.07) is 7.58. The molecule has 0 bridgehead atoms. The van der Waals surface area contributed by atoms with Crippen molar-refractivity contribution in [3.63, 3.8) is 0 Å². The van der Waals surface area contributed by atoms with Gasteiger partial charge in [-0.3, -0.25) is 4.79 Å². The topological polar surface area (TPSA) is 29.1 Å². The van der Waals surface area contributed by atoms with Crippen LogP contribution in [0.1, 0.15) is 15.9 Å². The van der Waals surface area contributed by atoms with Crippen LogP contribution in [-0.4, -0.2) is 5.91 Å². The van der Waals surface area contributed by atoms with Gasteiger partial charge in [0.25, 0.3) is 5.91 Å². The van der Waals surface area contributed by atoms with Crippen molar-refractivity contribution in [3.8, 4) is 0 Å². The number of halogens is 2. The van der Waals surface area contributed by atoms with Crippen LogP contribution in [0.25, 0.3) is 0 Å². The number of hydrogen-bond donors (Lipinski definition) is 1. The Kier molecular flexibility index (Phi) is 3.91. The molecule has 0 unspecified atom stereocenters. The molecule has 1 N–H and O–H groups in total. The maximum atomic E-state index is 12.9. The molecule has 2 rings (SSSR count). The van der Waals surface area contributed by atoms with E-state index in [9.17, 15) is 9.18 Å². The van der Waals surface area contributed by atoms with Gasteiger partial charge in [-0.25, -0.2) is 4.39 Å². The first-order valence-electron chi connectivity index (χ1n) is 4.92. The lowest BCUT2D eigenvalue weighted by atomic mass is 10.2. The van der Waals surface area contributed by atoms with Gasteiger partial charge in [-0.2, -0.15) is 0 Å². The monoisotopic (exact) mass is 313 g/mol. The number of hydrogen-bond acceptors (Lipinski definition) is 2. The molecule has 0 fully saturated rings. The predicted molar refractivity (Wildman–Crippen MR) is 69.6 cm³/mol. The number of thiophene rings is 1. The Hall–Kier alpha value is -1.20. The highest BCUT2D eigenvalue weighted by Gasteiger charge is 2.06. The van der Waals surface area contributed by atoms with E-state index >= 15 is 0 Å². The van der Waals surface area contributed by atoms with Crippen molar-refractivity contribution >= 4 is 33.2 Å². The molecule has 0 atom stereocenters. The molecule has 88 valence electrons. The van der Waals surface area contributed by atoms with Crippen LogP contribution < -0.4 is 5.32 Å². The van der Waals surface area contributed by atoms with E-state index in [1.807, 2.05) is 11.4 Å². The molecule has 0 spiro atoms. The van der Waals surface area contributed by atoms with E-state index in [0.717, 1.165) is 9.35 Å². The summed E-state index contributed by atoms with van der Waals surface area (Å²) < 4.78 is 13.9. The average Bonchev–Trinajstić information content (AvgIpc) is 2.72. The van der Waals surface area contributed by atoms with Crippen LogP contribution in [0, 0.1) is 5.82 Å². The molecule has 1 amide bonds. The zero-order chi connectivity index (χ0) is 12.3. The third-order valence-electron chi connectivity index (χ3n) is 2.16. The van der Waals surface area contributed by atoms with Crippen LogP contribution in [0.3, 0.4) is 0 Å². The maximum absolute atomic E-state index is 12.9. The normalized spacial score (nSPS) is 10.2. The highest BCUT2D eigenvalue weighted by Crippen LogP contribution is 2.20. The maximum Gasteiger partial charge on any atom is 0.251 e. The molecule has 0 radical (unpaired) electrons. The lowest BCUT2D eigenvalue weighted by Gasteiger charge is -2.03. The number of rotatable bonds is 3. The second-order valence-electron chi connectivity index (χ2n) is 3.45. The highest BCUT2D eigenvalue weighted by molar-refractivity contribution is 9.11. The number of carbonyl (C=O) groups is 1. The second kappa shape index (κ2) is 5.42. The summed E-state index contributed by atoms with van der Waals surface area (Å²) in [4.78, 5) is 11.7. The van der Waals surface area contributed by atoms with Gasteiger partial charge in [0.2, 0.25) is 0 Å². The molecule has 0 saturated carbocycles. The molecule has 0 saturated heterocycles. The fraction of sp³-hybridized carbons (Fsp3) is 0.0833. The molecular formula is C12H9BrFNOS. The van der Waals surface area contributed by atoms with Crippen LogP contribution in [-0.2, 0) is 6.54 Å². The Balaban J connectivity index is 1.98. The van der Waals surface area contributed by atoms with Crippen molar-refractivity contribution in [1.29, 1.82) is 0 Å². The third kappa shape index (κ3) is 3.38. The third-order valence-corrected chi connectivity index (χ3v) is 3.71. The molecule has 0 aliphatic heterocycles. The smallest absolute Gasteiger partial charge is 0.251 e. The van der Waals surface area contributed by atoms with Gasteiger partial charge in [0.15, 0.2) is 0 Å². The summed E-state index contributed by atoms with van der Waals surface area (Å²) in [5.41, 5.74) is 1.35. The highest BCUT2D eigenvalue weighted by atomic mass is 79.9. The summed E-state index contributed by atoms with van der Waals surface area (Å²) >= 11 is 4.91. The summed E-state index contributed by atoms with van der Waals surface area (Å²) in [5, 5.41) is 4.69. The van der Waals surface area contributed by atoms with Gasteiger partial charge in [-0.05, 0) is 51.1 Å². The van der Waals surface area contributed by atoms with Gasteiger partial charge in [-0.15, -0.1) is 11.3 Å². The molecule has 2 nitrogen and oxygen atoms in total. The van der Waals surface area contributed by atoms with Crippen molar-refractivity contribution in [2.45, 2.75) is 6.54 Å². The molecule has 1 aromatic heterocycles. The summed E-state index contributed by atoms with van der Waals surface area (Å²) in [6.45, 7) is 0.442. The fourth-order valence-electron chi connectivity index (χ4n) is 1.35. The lowest BCUT2D eigenvalue weighted by Crippen LogP contribution is -2.22. The first-order chi connectivity index (χ1) is 8.15. The zero-order valence-corrected chi connectivity index (χ0v) is 11.1. The Morgan fingerprint density at radius 2 is 2.24 bits per heavy atom. The van der Waals surface area contributed by atoms with E-state index in [-0.39, 0.29) is 5.91 Å². The molecule has 5 heteroatoms. The van der Waals surface area contributed by atoms with E-state index in [1.54, 1.807) is 17.4 Å². The van der Waals surface area contributed by atoms with Crippen molar-refractivity contribution in [2.24, 2.45) is 0 Å². The molecular weight excluding hydrogens is 305 g/mol. The molecule has 0 aliphatic carbocycles. The van der Waals surface area contributed by atoms with Crippen molar-refractivity contribution < 1.29 is 9.18 Å². The van der Waals surface area contributed by atoms with E-state index in [2.05, 4.69) is 21.2 Å². The molecule has 1 aromatic carbocycles. The van der Waals surface area contributed by atoms with Crippen LogP contribution in [0.2, 0.25) is 0 Å². The Bertz CT molecular complexity index is 541. The Labute approximate surface area is 111 Å². The predicted octanol–water partition coefficient (Wildman–Crippen LogP) is 3.58. The minimum atomic E-state index is -0.407. The largest absolute Gasteiger partial charge is 0.348 e. The SMILES string of the molecule is O=C(NCc1csc(Br)c1)c1cccc(F)c1. The Morgan fingerprint density at radius 1 is 1.41 bits per heavy atom. The molecule has 17 heavy (non-hydrogen) atoms. The van der Waals surface area contributed by atoms with Crippen LogP contribution in [0.4, 0.5) is 4.39 Å².